The molecule has 3 aromatic rings. The molecule has 122 valence electrons. The number of carbonyl (C=O) groups excluding carboxylic acids is 1. The van der Waals surface area contributed by atoms with Crippen LogP contribution in [0.3, 0.4) is 0 Å². The van der Waals surface area contributed by atoms with Crippen molar-refractivity contribution in [3.05, 3.63) is 64.5 Å². The fourth-order valence-corrected chi connectivity index (χ4v) is 2.20. The number of hydrogen-bond acceptors (Lipinski definition) is 4. The van der Waals surface area contributed by atoms with Crippen LogP contribution in [-0.4, -0.2) is 20.9 Å². The molecule has 1 aromatic heterocycles. The standard InChI is InChI=1S/C16H12F2N4O2/c17-11-5-3-6-12(18)15(11)19-14(23)8-9-22-16(24)10-4-1-2-7-13(10)20-21-22/h1-7H,8-9H2,(H,19,23). The van der Waals surface area contributed by atoms with Gasteiger partial charge in [-0.25, -0.2) is 13.5 Å². The Balaban J connectivity index is 1.73. The molecule has 0 fully saturated rings. The van der Waals surface area contributed by atoms with Crippen molar-refractivity contribution >= 4 is 22.5 Å². The second kappa shape index (κ2) is 6.53. The molecule has 3 rings (SSSR count). The Morgan fingerprint density at radius 3 is 2.54 bits per heavy atom. The number of fused-ring (bicyclic) bond motifs is 1. The summed E-state index contributed by atoms with van der Waals surface area (Å²) in [4.78, 5) is 24.1. The van der Waals surface area contributed by atoms with Crippen LogP contribution in [0.4, 0.5) is 14.5 Å². The number of halogens is 2. The zero-order valence-corrected chi connectivity index (χ0v) is 12.4. The molecule has 1 N–H and O–H groups in total. The van der Waals surface area contributed by atoms with Crippen LogP contribution >= 0.6 is 0 Å². The number of nitrogens with one attached hydrogen (secondary N) is 1. The van der Waals surface area contributed by atoms with E-state index in [1.807, 2.05) is 0 Å². The van der Waals surface area contributed by atoms with Gasteiger partial charge in [-0.15, -0.1) is 5.10 Å². The first-order valence-electron chi connectivity index (χ1n) is 7.12. The fourth-order valence-electron chi connectivity index (χ4n) is 2.20. The van der Waals surface area contributed by atoms with Crippen LogP contribution in [0, 0.1) is 11.6 Å². The highest BCUT2D eigenvalue weighted by atomic mass is 19.1. The first-order chi connectivity index (χ1) is 11.6. The molecule has 0 unspecified atom stereocenters. The van der Waals surface area contributed by atoms with Gasteiger partial charge in [0, 0.05) is 6.42 Å². The summed E-state index contributed by atoms with van der Waals surface area (Å²) in [7, 11) is 0. The Morgan fingerprint density at radius 1 is 1.08 bits per heavy atom. The molecular weight excluding hydrogens is 318 g/mol. The highest BCUT2D eigenvalue weighted by Crippen LogP contribution is 2.18. The van der Waals surface area contributed by atoms with Crippen molar-refractivity contribution in [2.24, 2.45) is 0 Å². The number of nitrogens with zero attached hydrogens (tertiary/aromatic N) is 3. The van der Waals surface area contributed by atoms with Gasteiger partial charge in [0.25, 0.3) is 5.56 Å². The van der Waals surface area contributed by atoms with Crippen molar-refractivity contribution in [2.75, 3.05) is 5.32 Å². The van der Waals surface area contributed by atoms with Gasteiger partial charge in [0.2, 0.25) is 5.91 Å². The zero-order valence-electron chi connectivity index (χ0n) is 12.4. The van der Waals surface area contributed by atoms with Crippen molar-refractivity contribution in [1.29, 1.82) is 0 Å². The van der Waals surface area contributed by atoms with Crippen molar-refractivity contribution in [3.63, 3.8) is 0 Å². The summed E-state index contributed by atoms with van der Waals surface area (Å²) in [6, 6.07) is 9.97. The molecule has 0 aliphatic heterocycles. The normalized spacial score (nSPS) is 10.8. The lowest BCUT2D eigenvalue weighted by Crippen LogP contribution is -2.26. The summed E-state index contributed by atoms with van der Waals surface area (Å²) in [6.07, 6.45) is -0.180. The van der Waals surface area contributed by atoms with E-state index in [9.17, 15) is 18.4 Å². The average Bonchev–Trinajstić information content (AvgIpc) is 2.58. The number of para-hydroxylation sites is 1. The van der Waals surface area contributed by atoms with Crippen molar-refractivity contribution in [1.82, 2.24) is 15.0 Å². The smallest absolute Gasteiger partial charge is 0.277 e. The maximum atomic E-state index is 13.5. The number of benzene rings is 2. The first-order valence-corrected chi connectivity index (χ1v) is 7.12. The number of aromatic nitrogens is 3. The number of rotatable bonds is 4. The summed E-state index contributed by atoms with van der Waals surface area (Å²) in [5.41, 5.74) is -0.443. The van der Waals surface area contributed by atoms with Gasteiger partial charge in [-0.1, -0.05) is 23.4 Å². The molecule has 0 aliphatic rings. The molecule has 1 amide bonds. The number of carbonyl (C=O) groups is 1. The molecule has 0 saturated heterocycles. The topological polar surface area (TPSA) is 76.9 Å². The minimum atomic E-state index is -0.869. The highest BCUT2D eigenvalue weighted by molar-refractivity contribution is 5.90. The predicted octanol–water partition coefficient (Wildman–Crippen LogP) is 2.10. The minimum Gasteiger partial charge on any atom is -0.321 e. The van der Waals surface area contributed by atoms with Crippen LogP contribution in [-0.2, 0) is 11.3 Å². The predicted molar refractivity (Wildman–Crippen MR) is 83.4 cm³/mol. The lowest BCUT2D eigenvalue weighted by Gasteiger charge is -2.08. The third kappa shape index (κ3) is 3.12. The van der Waals surface area contributed by atoms with Gasteiger partial charge in [0.15, 0.2) is 0 Å². The third-order valence-corrected chi connectivity index (χ3v) is 3.41. The number of hydrogen-bond donors (Lipinski definition) is 1. The number of aryl methyl sites for hydroxylation is 1. The van der Waals surface area contributed by atoms with E-state index < -0.39 is 23.2 Å². The van der Waals surface area contributed by atoms with E-state index >= 15 is 0 Å². The largest absolute Gasteiger partial charge is 0.321 e. The van der Waals surface area contributed by atoms with E-state index in [1.54, 1.807) is 24.3 Å². The van der Waals surface area contributed by atoms with Crippen LogP contribution in [0.15, 0.2) is 47.3 Å². The lowest BCUT2D eigenvalue weighted by atomic mass is 10.2. The van der Waals surface area contributed by atoms with Gasteiger partial charge in [0.1, 0.15) is 22.8 Å². The first kappa shape index (κ1) is 15.7. The second-order valence-electron chi connectivity index (χ2n) is 5.03. The molecule has 0 spiro atoms. The van der Waals surface area contributed by atoms with E-state index in [1.165, 1.54) is 6.07 Å². The average molecular weight is 330 g/mol. The van der Waals surface area contributed by atoms with E-state index in [4.69, 9.17) is 0 Å². The Kier molecular flexibility index (Phi) is 4.28. The molecule has 8 heteroatoms. The van der Waals surface area contributed by atoms with Crippen LogP contribution in [0.5, 0.6) is 0 Å². The third-order valence-electron chi connectivity index (χ3n) is 3.41. The molecule has 0 bridgehead atoms. The zero-order chi connectivity index (χ0) is 17.1. The summed E-state index contributed by atoms with van der Waals surface area (Å²) < 4.78 is 28.0. The van der Waals surface area contributed by atoms with Gasteiger partial charge in [-0.05, 0) is 24.3 Å². The van der Waals surface area contributed by atoms with Gasteiger partial charge < -0.3 is 5.32 Å². The van der Waals surface area contributed by atoms with E-state index in [0.29, 0.717) is 10.9 Å². The van der Waals surface area contributed by atoms with Crippen molar-refractivity contribution in [2.45, 2.75) is 13.0 Å². The Morgan fingerprint density at radius 2 is 1.79 bits per heavy atom. The molecule has 0 atom stereocenters. The van der Waals surface area contributed by atoms with Crippen molar-refractivity contribution in [3.8, 4) is 0 Å². The summed E-state index contributed by atoms with van der Waals surface area (Å²) in [5.74, 6) is -2.38. The molecule has 24 heavy (non-hydrogen) atoms. The Labute approximate surface area is 134 Å². The summed E-state index contributed by atoms with van der Waals surface area (Å²) >= 11 is 0. The Hall–Kier alpha value is -3.16. The van der Waals surface area contributed by atoms with Gasteiger partial charge >= 0.3 is 0 Å². The van der Waals surface area contributed by atoms with E-state index in [0.717, 1.165) is 16.8 Å². The van der Waals surface area contributed by atoms with Gasteiger partial charge in [0.05, 0.1) is 11.9 Å². The molecule has 1 heterocycles. The second-order valence-corrected chi connectivity index (χ2v) is 5.03. The number of amides is 1. The van der Waals surface area contributed by atoms with Gasteiger partial charge in [-0.2, -0.15) is 0 Å². The molecule has 2 aromatic carbocycles. The quantitative estimate of drug-likeness (QED) is 0.795. The molecule has 0 radical (unpaired) electrons. The van der Waals surface area contributed by atoms with E-state index in [-0.39, 0.29) is 18.5 Å². The molecular formula is C16H12F2N4O2. The minimum absolute atomic E-state index is 0.0570. The summed E-state index contributed by atoms with van der Waals surface area (Å²) in [5, 5.41) is 10.2. The molecule has 6 nitrogen and oxygen atoms in total. The van der Waals surface area contributed by atoms with E-state index in [2.05, 4.69) is 15.6 Å². The lowest BCUT2D eigenvalue weighted by molar-refractivity contribution is -0.116. The fraction of sp³-hybridized carbons (Fsp3) is 0.125. The maximum Gasteiger partial charge on any atom is 0.277 e. The van der Waals surface area contributed by atoms with Crippen LogP contribution in [0.1, 0.15) is 6.42 Å². The van der Waals surface area contributed by atoms with Crippen LogP contribution < -0.4 is 10.9 Å². The van der Waals surface area contributed by atoms with Crippen LogP contribution in [0.25, 0.3) is 10.9 Å². The van der Waals surface area contributed by atoms with Crippen LogP contribution in [0.2, 0.25) is 0 Å². The summed E-state index contributed by atoms with van der Waals surface area (Å²) in [6.45, 7) is -0.0570. The molecule has 0 aliphatic carbocycles. The Bertz CT molecular complexity index is 951. The highest BCUT2D eigenvalue weighted by Gasteiger charge is 2.13. The maximum absolute atomic E-state index is 13.5. The monoisotopic (exact) mass is 330 g/mol. The van der Waals surface area contributed by atoms with Crippen molar-refractivity contribution < 1.29 is 13.6 Å². The number of anilines is 1. The SMILES string of the molecule is O=C(CCn1nnc2ccccc2c1=O)Nc1c(F)cccc1F. The molecule has 0 saturated carbocycles. The van der Waals surface area contributed by atoms with Gasteiger partial charge in [-0.3, -0.25) is 9.59 Å².